The normalized spacial score (nSPS) is 24.4. The van der Waals surface area contributed by atoms with Crippen molar-refractivity contribution in [1.82, 2.24) is 9.80 Å². The molecule has 8 nitrogen and oxygen atoms in total. The lowest BCUT2D eigenvalue weighted by molar-refractivity contribution is -0.158. The Kier molecular flexibility index (Phi) is 4.54. The predicted octanol–water partition coefficient (Wildman–Crippen LogP) is 0.0313. The summed E-state index contributed by atoms with van der Waals surface area (Å²) in [5, 5.41) is 18.1. The summed E-state index contributed by atoms with van der Waals surface area (Å²) in [6, 6.07) is 7.99. The minimum Gasteiger partial charge on any atom is -0.481 e. The summed E-state index contributed by atoms with van der Waals surface area (Å²) in [5.41, 5.74) is 1.06. The Bertz CT molecular complexity index is 695. The topological polar surface area (TPSA) is 115 Å². The molecule has 2 aliphatic rings. The molecule has 2 aliphatic heterocycles. The molecular weight excluding hydrogens is 328 g/mol. The van der Waals surface area contributed by atoms with E-state index < -0.39 is 48.1 Å². The number of hydrogen-bond donors (Lipinski definition) is 2. The first-order chi connectivity index (χ1) is 11.9. The van der Waals surface area contributed by atoms with Gasteiger partial charge in [0.05, 0.1) is 18.3 Å². The maximum atomic E-state index is 12.5. The molecule has 2 amide bonds. The van der Waals surface area contributed by atoms with E-state index in [0.717, 1.165) is 5.56 Å². The van der Waals surface area contributed by atoms with Gasteiger partial charge in [-0.05, 0) is 5.56 Å². The fourth-order valence-corrected chi connectivity index (χ4v) is 3.58. The highest BCUT2D eigenvalue weighted by molar-refractivity contribution is 6.08. The van der Waals surface area contributed by atoms with E-state index in [-0.39, 0.29) is 0 Å². The van der Waals surface area contributed by atoms with Crippen LogP contribution in [0.1, 0.15) is 12.0 Å². The molecule has 2 unspecified atom stereocenters. The number of carbonyl (C=O) groups excluding carboxylic acids is 2. The quantitative estimate of drug-likeness (QED) is 0.698. The molecule has 0 radical (unpaired) electrons. The van der Waals surface area contributed by atoms with Gasteiger partial charge in [0.2, 0.25) is 11.8 Å². The lowest BCUT2D eigenvalue weighted by Crippen LogP contribution is -2.48. The lowest BCUT2D eigenvalue weighted by atomic mass is 10.00. The number of nitrogens with zero attached hydrogens (tertiary/aromatic N) is 2. The minimum atomic E-state index is -1.65. The van der Waals surface area contributed by atoms with Gasteiger partial charge in [-0.2, -0.15) is 0 Å². The maximum absolute atomic E-state index is 12.5. The Morgan fingerprint density at radius 1 is 1.04 bits per heavy atom. The number of rotatable bonds is 6. The van der Waals surface area contributed by atoms with Crippen LogP contribution in [0, 0.1) is 11.8 Å². The van der Waals surface area contributed by atoms with E-state index >= 15 is 0 Å². The van der Waals surface area contributed by atoms with Crippen LogP contribution in [-0.4, -0.2) is 62.9 Å². The second-order valence-corrected chi connectivity index (χ2v) is 6.39. The van der Waals surface area contributed by atoms with Crippen molar-refractivity contribution in [3.63, 3.8) is 0 Å². The Morgan fingerprint density at radius 3 is 2.08 bits per heavy atom. The Morgan fingerprint density at radius 2 is 1.60 bits per heavy atom. The molecule has 3 rings (SSSR count). The summed E-state index contributed by atoms with van der Waals surface area (Å²) >= 11 is 0. The van der Waals surface area contributed by atoms with Crippen molar-refractivity contribution in [2.24, 2.45) is 11.8 Å². The number of carbonyl (C=O) groups is 4. The van der Waals surface area contributed by atoms with E-state index in [1.165, 1.54) is 0 Å². The van der Waals surface area contributed by atoms with E-state index in [0.29, 0.717) is 24.5 Å². The van der Waals surface area contributed by atoms with E-state index in [1.54, 1.807) is 0 Å². The average Bonchev–Trinajstić information content (AvgIpc) is 3.06. The van der Waals surface area contributed by atoms with Gasteiger partial charge in [-0.1, -0.05) is 30.3 Å². The molecule has 0 bridgehead atoms. The van der Waals surface area contributed by atoms with Crippen LogP contribution in [0.4, 0.5) is 0 Å². The van der Waals surface area contributed by atoms with Crippen LogP contribution in [0.3, 0.4) is 0 Å². The molecule has 0 saturated carbocycles. The van der Waals surface area contributed by atoms with Crippen molar-refractivity contribution in [1.29, 1.82) is 0 Å². The molecule has 1 aromatic rings. The van der Waals surface area contributed by atoms with Crippen molar-refractivity contribution in [3.05, 3.63) is 35.9 Å². The van der Waals surface area contributed by atoms with Gasteiger partial charge >= 0.3 is 11.9 Å². The van der Waals surface area contributed by atoms with Gasteiger partial charge in [0.15, 0.2) is 0 Å². The van der Waals surface area contributed by atoms with Crippen molar-refractivity contribution in [2.75, 3.05) is 13.1 Å². The summed E-state index contributed by atoms with van der Waals surface area (Å²) in [6.07, 6.45) is -0.792. The van der Waals surface area contributed by atoms with Crippen LogP contribution in [0.2, 0.25) is 0 Å². The summed E-state index contributed by atoms with van der Waals surface area (Å²) in [4.78, 5) is 49.9. The monoisotopic (exact) mass is 346 g/mol. The van der Waals surface area contributed by atoms with E-state index in [1.807, 2.05) is 35.2 Å². The number of likely N-dealkylation sites (tertiary alicyclic amines) is 2. The molecule has 25 heavy (non-hydrogen) atoms. The molecule has 1 aromatic carbocycles. The molecule has 3 atom stereocenters. The van der Waals surface area contributed by atoms with Crippen molar-refractivity contribution >= 4 is 23.8 Å². The van der Waals surface area contributed by atoms with E-state index in [4.69, 9.17) is 5.11 Å². The molecule has 0 spiro atoms. The zero-order valence-electron chi connectivity index (χ0n) is 13.4. The number of fused-ring (bicyclic) bond motifs is 1. The molecule has 0 aliphatic carbocycles. The molecule has 2 N–H and O–H groups in total. The smallest absolute Gasteiger partial charge is 0.327 e. The van der Waals surface area contributed by atoms with Crippen LogP contribution < -0.4 is 0 Å². The standard InChI is InChI=1S/C17H18N2O6/c20-14(21)6-13(17(24)25)19-15(22)11-8-18(9-12(11)16(19)23)7-10-4-2-1-3-5-10/h1-5,11-13H,6-9H2,(H,20,21)(H,24,25)/t11?,12?,13-/m0/s1. The second-order valence-electron chi connectivity index (χ2n) is 6.39. The average molecular weight is 346 g/mol. The zero-order valence-corrected chi connectivity index (χ0v) is 13.4. The van der Waals surface area contributed by atoms with Gasteiger partial charge in [0.25, 0.3) is 0 Å². The van der Waals surface area contributed by atoms with Crippen molar-refractivity contribution in [3.8, 4) is 0 Å². The number of hydrogen-bond acceptors (Lipinski definition) is 5. The van der Waals surface area contributed by atoms with Crippen LogP contribution >= 0.6 is 0 Å². The second kappa shape index (κ2) is 6.64. The predicted molar refractivity (Wildman–Crippen MR) is 84.2 cm³/mol. The molecule has 2 heterocycles. The fraction of sp³-hybridized carbons (Fsp3) is 0.412. The SMILES string of the molecule is O=C(O)C[C@@H](C(=O)O)N1C(=O)C2CN(Cc3ccccc3)CC2C1=O. The number of carboxylic acid groups (broad SMARTS) is 2. The molecule has 0 aromatic heterocycles. The van der Waals surface area contributed by atoms with Crippen LogP contribution in [-0.2, 0) is 25.7 Å². The fourth-order valence-electron chi connectivity index (χ4n) is 3.58. The summed E-state index contributed by atoms with van der Waals surface area (Å²) < 4.78 is 0. The molecule has 2 saturated heterocycles. The minimum absolute atomic E-state index is 0.361. The highest BCUT2D eigenvalue weighted by Gasteiger charge is 2.55. The van der Waals surface area contributed by atoms with Crippen LogP contribution in [0.15, 0.2) is 30.3 Å². The summed E-state index contributed by atoms with van der Waals surface area (Å²) in [6.45, 7) is 1.33. The highest BCUT2D eigenvalue weighted by atomic mass is 16.4. The number of amides is 2. The third-order valence-corrected chi connectivity index (χ3v) is 4.72. The summed E-state index contributed by atoms with van der Waals surface area (Å²) in [5.74, 6) is -5.22. The van der Waals surface area contributed by atoms with E-state index in [9.17, 15) is 24.3 Å². The van der Waals surface area contributed by atoms with Crippen LogP contribution in [0.5, 0.6) is 0 Å². The van der Waals surface area contributed by atoms with Crippen LogP contribution in [0.25, 0.3) is 0 Å². The Labute approximate surface area is 143 Å². The van der Waals surface area contributed by atoms with Crippen molar-refractivity contribution < 1.29 is 29.4 Å². The largest absolute Gasteiger partial charge is 0.481 e. The number of benzene rings is 1. The van der Waals surface area contributed by atoms with Gasteiger partial charge in [0.1, 0.15) is 6.04 Å². The third kappa shape index (κ3) is 3.25. The lowest BCUT2D eigenvalue weighted by Gasteiger charge is -2.24. The molecular formula is C17H18N2O6. The van der Waals surface area contributed by atoms with Gasteiger partial charge in [-0.25, -0.2) is 4.79 Å². The van der Waals surface area contributed by atoms with Gasteiger partial charge in [-0.3, -0.25) is 24.2 Å². The first-order valence-electron chi connectivity index (χ1n) is 7.96. The zero-order chi connectivity index (χ0) is 18.1. The van der Waals surface area contributed by atoms with Gasteiger partial charge < -0.3 is 10.2 Å². The third-order valence-electron chi connectivity index (χ3n) is 4.72. The van der Waals surface area contributed by atoms with Gasteiger partial charge in [0, 0.05) is 19.6 Å². The first-order valence-corrected chi connectivity index (χ1v) is 7.96. The molecule has 2 fully saturated rings. The number of aliphatic carboxylic acids is 2. The van der Waals surface area contributed by atoms with Crippen molar-refractivity contribution in [2.45, 2.75) is 19.0 Å². The first kappa shape index (κ1) is 17.1. The number of carboxylic acids is 2. The highest BCUT2D eigenvalue weighted by Crippen LogP contribution is 2.35. The summed E-state index contributed by atoms with van der Waals surface area (Å²) in [7, 11) is 0. The Hall–Kier alpha value is -2.74. The molecule has 8 heteroatoms. The Balaban J connectivity index is 1.73. The van der Waals surface area contributed by atoms with Gasteiger partial charge in [-0.15, -0.1) is 0 Å². The molecule has 132 valence electrons. The number of imide groups is 1. The maximum Gasteiger partial charge on any atom is 0.327 e. The van der Waals surface area contributed by atoms with E-state index in [2.05, 4.69) is 0 Å².